The number of nitrogens with one attached hydrogen (secondary N) is 1. The van der Waals surface area contributed by atoms with Crippen LogP contribution in [0.3, 0.4) is 0 Å². The molecule has 33 heavy (non-hydrogen) atoms. The van der Waals surface area contributed by atoms with Crippen LogP contribution in [0, 0.1) is 6.92 Å². The van der Waals surface area contributed by atoms with Crippen molar-refractivity contribution < 1.29 is 14.3 Å². The highest BCUT2D eigenvalue weighted by atomic mass is 16.5. The second-order valence-electron chi connectivity index (χ2n) is 7.69. The van der Waals surface area contributed by atoms with Crippen molar-refractivity contribution in [2.24, 2.45) is 0 Å². The second-order valence-corrected chi connectivity index (χ2v) is 7.69. The van der Waals surface area contributed by atoms with Crippen molar-refractivity contribution >= 4 is 28.4 Å². The number of carbonyl (C=O) groups excluding carboxylic acids is 2. The third kappa shape index (κ3) is 3.65. The van der Waals surface area contributed by atoms with Crippen LogP contribution in [0.15, 0.2) is 67.0 Å². The molecule has 0 bridgehead atoms. The van der Waals surface area contributed by atoms with E-state index in [1.807, 2.05) is 31.2 Å². The molecule has 0 spiro atoms. The normalized spacial score (nSPS) is 12.2. The largest absolute Gasteiger partial charge is 0.443 e. The van der Waals surface area contributed by atoms with Gasteiger partial charge in [-0.05, 0) is 25.0 Å². The quantitative estimate of drug-likeness (QED) is 0.313. The molecule has 3 heterocycles. The van der Waals surface area contributed by atoms with Crippen molar-refractivity contribution in [2.75, 3.05) is 0 Å². The fraction of sp³-hybridized carbons (Fsp3) is 0.160. The number of aryl methyl sites for hydroxylation is 2. The lowest BCUT2D eigenvalue weighted by atomic mass is 9.98. The summed E-state index contributed by atoms with van der Waals surface area (Å²) in [6.07, 6.45) is 2.94. The average Bonchev–Trinajstić information content (AvgIpc) is 3.48. The van der Waals surface area contributed by atoms with Crippen LogP contribution < -0.4 is 0 Å². The number of ketones is 1. The van der Waals surface area contributed by atoms with Crippen LogP contribution in [0.25, 0.3) is 16.7 Å². The fourth-order valence-corrected chi connectivity index (χ4v) is 3.91. The van der Waals surface area contributed by atoms with Gasteiger partial charge in [-0.25, -0.2) is 14.3 Å². The summed E-state index contributed by atoms with van der Waals surface area (Å²) < 4.78 is 7.17. The molecule has 0 amide bonds. The first-order valence-corrected chi connectivity index (χ1v) is 10.6. The maximum Gasteiger partial charge on any atom is 0.379 e. The topological polar surface area (TPSA) is 102 Å². The number of aromatic nitrogens is 5. The number of benzene rings is 2. The predicted octanol–water partition coefficient (Wildman–Crippen LogP) is 4.26. The molecule has 8 nitrogen and oxygen atoms in total. The Hall–Kier alpha value is -4.33. The standard InChI is InChI=1S/C25H21N5O3/c1-3-16-10-7-11-18-19(14-27-20(16)18)21(31)22(17-8-5-4-6-9-17)33-24(32)23-28-25-26-13-12-15(2)30(25)29-23/h4-14,22,27H,3H2,1-2H3. The van der Waals surface area contributed by atoms with Gasteiger partial charge in [0, 0.05) is 40.1 Å². The number of ether oxygens (including phenoxy) is 1. The first kappa shape index (κ1) is 20.6. The van der Waals surface area contributed by atoms with E-state index in [1.165, 1.54) is 4.52 Å². The van der Waals surface area contributed by atoms with E-state index >= 15 is 0 Å². The fourth-order valence-electron chi connectivity index (χ4n) is 3.91. The zero-order valence-corrected chi connectivity index (χ0v) is 18.1. The number of rotatable bonds is 6. The molecule has 3 aromatic heterocycles. The predicted molar refractivity (Wildman–Crippen MR) is 122 cm³/mol. The highest BCUT2D eigenvalue weighted by molar-refractivity contribution is 6.11. The van der Waals surface area contributed by atoms with Gasteiger partial charge in [-0.3, -0.25) is 4.79 Å². The smallest absolute Gasteiger partial charge is 0.379 e. The zero-order chi connectivity index (χ0) is 22.9. The summed E-state index contributed by atoms with van der Waals surface area (Å²) >= 11 is 0. The molecule has 0 radical (unpaired) electrons. The lowest BCUT2D eigenvalue weighted by molar-refractivity contribution is 0.0269. The van der Waals surface area contributed by atoms with Gasteiger partial charge in [0.05, 0.1) is 0 Å². The maximum absolute atomic E-state index is 13.7. The highest BCUT2D eigenvalue weighted by Gasteiger charge is 2.30. The van der Waals surface area contributed by atoms with E-state index in [1.54, 1.807) is 42.7 Å². The lowest BCUT2D eigenvalue weighted by Gasteiger charge is -2.16. The number of aromatic amines is 1. The van der Waals surface area contributed by atoms with Gasteiger partial charge >= 0.3 is 5.97 Å². The number of esters is 1. The third-order valence-electron chi connectivity index (χ3n) is 5.63. The van der Waals surface area contributed by atoms with Crippen molar-refractivity contribution in [3.63, 3.8) is 0 Å². The lowest BCUT2D eigenvalue weighted by Crippen LogP contribution is -2.21. The Balaban J connectivity index is 1.53. The summed E-state index contributed by atoms with van der Waals surface area (Å²) in [5.41, 5.74) is 3.81. The van der Waals surface area contributed by atoms with Crippen LogP contribution in [0.1, 0.15) is 50.8 Å². The van der Waals surface area contributed by atoms with Crippen molar-refractivity contribution in [2.45, 2.75) is 26.4 Å². The van der Waals surface area contributed by atoms with E-state index in [9.17, 15) is 9.59 Å². The van der Waals surface area contributed by atoms with E-state index in [4.69, 9.17) is 4.74 Å². The molecule has 1 atom stereocenters. The van der Waals surface area contributed by atoms with Crippen LogP contribution in [-0.2, 0) is 11.2 Å². The van der Waals surface area contributed by atoms with Crippen LogP contribution in [-0.4, -0.2) is 36.3 Å². The Kier molecular flexibility index (Phi) is 5.18. The van der Waals surface area contributed by atoms with Crippen LogP contribution in [0.4, 0.5) is 0 Å². The van der Waals surface area contributed by atoms with Gasteiger partial charge in [0.15, 0.2) is 6.10 Å². The Morgan fingerprint density at radius 2 is 1.91 bits per heavy atom. The molecule has 5 aromatic rings. The average molecular weight is 439 g/mol. The van der Waals surface area contributed by atoms with Gasteiger partial charge < -0.3 is 9.72 Å². The summed E-state index contributed by atoms with van der Waals surface area (Å²) in [5, 5.41) is 5.00. The maximum atomic E-state index is 13.7. The third-order valence-corrected chi connectivity index (χ3v) is 5.63. The van der Waals surface area contributed by atoms with Gasteiger partial charge in [-0.2, -0.15) is 4.98 Å². The molecule has 2 aromatic carbocycles. The Labute approximate surface area is 189 Å². The minimum Gasteiger partial charge on any atom is -0.443 e. The molecule has 0 aliphatic heterocycles. The highest BCUT2D eigenvalue weighted by Crippen LogP contribution is 2.29. The van der Waals surface area contributed by atoms with Gasteiger partial charge in [0.2, 0.25) is 5.78 Å². The number of Topliss-reactive ketones (excluding diaryl/α,β-unsaturated/α-hetero) is 1. The molecule has 1 unspecified atom stereocenters. The monoisotopic (exact) mass is 439 g/mol. The minimum atomic E-state index is -1.15. The molecule has 8 heteroatoms. The Morgan fingerprint density at radius 1 is 1.09 bits per heavy atom. The Morgan fingerprint density at radius 3 is 2.67 bits per heavy atom. The summed E-state index contributed by atoms with van der Waals surface area (Å²) in [7, 11) is 0. The van der Waals surface area contributed by atoms with Crippen molar-refractivity contribution in [1.82, 2.24) is 24.6 Å². The molecule has 164 valence electrons. The second kappa shape index (κ2) is 8.31. The number of hydrogen-bond donors (Lipinski definition) is 1. The molecule has 0 saturated carbocycles. The van der Waals surface area contributed by atoms with E-state index in [-0.39, 0.29) is 17.4 Å². The summed E-state index contributed by atoms with van der Waals surface area (Å²) in [6, 6.07) is 16.5. The number of nitrogens with zero attached hydrogens (tertiary/aromatic N) is 4. The number of H-pyrrole nitrogens is 1. The molecule has 0 fully saturated rings. The molecule has 0 aliphatic rings. The van der Waals surface area contributed by atoms with Gasteiger partial charge in [0.25, 0.3) is 11.6 Å². The molecule has 1 N–H and O–H groups in total. The Bertz CT molecular complexity index is 1490. The summed E-state index contributed by atoms with van der Waals surface area (Å²) in [4.78, 5) is 38.1. The molecular weight excluding hydrogens is 418 g/mol. The van der Waals surface area contributed by atoms with Crippen LogP contribution in [0.2, 0.25) is 0 Å². The van der Waals surface area contributed by atoms with Crippen molar-refractivity contribution in [1.29, 1.82) is 0 Å². The number of carbonyl (C=O) groups is 2. The van der Waals surface area contributed by atoms with E-state index in [2.05, 4.69) is 27.0 Å². The molecule has 5 rings (SSSR count). The number of hydrogen-bond acceptors (Lipinski definition) is 6. The van der Waals surface area contributed by atoms with E-state index in [0.29, 0.717) is 11.1 Å². The van der Waals surface area contributed by atoms with E-state index < -0.39 is 12.1 Å². The minimum absolute atomic E-state index is 0.155. The van der Waals surface area contributed by atoms with Crippen molar-refractivity contribution in [3.05, 3.63) is 95.2 Å². The van der Waals surface area contributed by atoms with Gasteiger partial charge in [-0.15, -0.1) is 5.10 Å². The van der Waals surface area contributed by atoms with Crippen molar-refractivity contribution in [3.8, 4) is 0 Å². The first-order chi connectivity index (χ1) is 16.1. The van der Waals surface area contributed by atoms with E-state index in [0.717, 1.165) is 28.6 Å². The summed E-state index contributed by atoms with van der Waals surface area (Å²) in [5.74, 6) is -0.991. The first-order valence-electron chi connectivity index (χ1n) is 10.6. The van der Waals surface area contributed by atoms with Gasteiger partial charge in [0.1, 0.15) is 0 Å². The zero-order valence-electron chi connectivity index (χ0n) is 18.1. The number of fused-ring (bicyclic) bond motifs is 2. The van der Waals surface area contributed by atoms with Crippen LogP contribution >= 0.6 is 0 Å². The number of para-hydroxylation sites is 1. The summed E-state index contributed by atoms with van der Waals surface area (Å²) in [6.45, 7) is 3.89. The van der Waals surface area contributed by atoms with Gasteiger partial charge in [-0.1, -0.05) is 55.5 Å². The SMILES string of the molecule is CCc1cccc2c(C(=O)C(OC(=O)c3nc4nccc(C)n4n3)c3ccccc3)c[nH]c12. The molecule has 0 aliphatic carbocycles. The molecular formula is C25H21N5O3. The molecule has 0 saturated heterocycles. The van der Waals surface area contributed by atoms with Crippen LogP contribution in [0.5, 0.6) is 0 Å².